The molecule has 9 heteroatoms. The van der Waals surface area contributed by atoms with Crippen LogP contribution in [0.5, 0.6) is 0 Å². The van der Waals surface area contributed by atoms with E-state index in [0.717, 1.165) is 53.4 Å². The Morgan fingerprint density at radius 1 is 1.36 bits per heavy atom. The first-order valence-electron chi connectivity index (χ1n) is 8.10. The first-order chi connectivity index (χ1) is 11.9. The van der Waals surface area contributed by atoms with Gasteiger partial charge in [0.1, 0.15) is 0 Å². The molecule has 3 heterocycles. The Morgan fingerprint density at radius 3 is 2.92 bits per heavy atom. The zero-order valence-corrected chi connectivity index (χ0v) is 15.4. The molecule has 0 saturated carbocycles. The summed E-state index contributed by atoms with van der Waals surface area (Å²) in [5.41, 5.74) is 2.56. The van der Waals surface area contributed by atoms with Crippen LogP contribution in [0.4, 0.5) is 5.13 Å². The Kier molecular flexibility index (Phi) is 4.01. The summed E-state index contributed by atoms with van der Waals surface area (Å²) in [5.74, 6) is 0. The Hall–Kier alpha value is -1.97. The standard InChI is InChI=1S/C16H19N5O2S2/c1-11-15(25(17,22)23)24-16(19-11)21-8-4-5-12(21)9-20-10-18-13-6-2-3-7-14(13)20/h2-3,6-7,10,12H,4-5,8-9H2,1H3,(H2,17,22,23). The molecular formula is C16H19N5O2S2. The molecule has 0 radical (unpaired) electrons. The van der Waals surface area contributed by atoms with E-state index in [-0.39, 0.29) is 10.3 Å². The monoisotopic (exact) mass is 377 g/mol. The maximum atomic E-state index is 11.7. The van der Waals surface area contributed by atoms with Crippen molar-refractivity contribution in [3.8, 4) is 0 Å². The summed E-state index contributed by atoms with van der Waals surface area (Å²) in [6.07, 6.45) is 3.96. The third-order valence-electron chi connectivity index (χ3n) is 4.56. The Labute approximate surface area is 150 Å². The topological polar surface area (TPSA) is 94.1 Å². The molecule has 1 unspecified atom stereocenters. The number of sulfonamides is 1. The first-order valence-corrected chi connectivity index (χ1v) is 10.5. The number of anilines is 1. The van der Waals surface area contributed by atoms with Crippen molar-refractivity contribution in [3.63, 3.8) is 0 Å². The zero-order chi connectivity index (χ0) is 17.6. The molecular weight excluding hydrogens is 358 g/mol. The van der Waals surface area contributed by atoms with Crippen molar-refractivity contribution in [3.05, 3.63) is 36.3 Å². The molecule has 2 N–H and O–H groups in total. The van der Waals surface area contributed by atoms with Crippen molar-refractivity contribution in [2.75, 3.05) is 11.4 Å². The van der Waals surface area contributed by atoms with Crippen LogP contribution in [0.1, 0.15) is 18.5 Å². The number of hydrogen-bond acceptors (Lipinski definition) is 6. The number of aryl methyl sites for hydroxylation is 1. The lowest BCUT2D eigenvalue weighted by atomic mass is 10.2. The van der Waals surface area contributed by atoms with Crippen molar-refractivity contribution in [1.82, 2.24) is 14.5 Å². The largest absolute Gasteiger partial charge is 0.343 e. The second-order valence-corrected chi connectivity index (χ2v) is 9.02. The molecule has 132 valence electrons. The average molecular weight is 377 g/mol. The van der Waals surface area contributed by atoms with Crippen molar-refractivity contribution < 1.29 is 8.42 Å². The van der Waals surface area contributed by atoms with E-state index in [1.54, 1.807) is 6.92 Å². The number of hydrogen-bond donors (Lipinski definition) is 1. The molecule has 1 aliphatic heterocycles. The number of thiazole rings is 1. The van der Waals surface area contributed by atoms with Crippen LogP contribution < -0.4 is 10.0 Å². The van der Waals surface area contributed by atoms with E-state index in [4.69, 9.17) is 5.14 Å². The maximum absolute atomic E-state index is 11.7. The lowest BCUT2D eigenvalue weighted by molar-refractivity contribution is 0.559. The normalized spacial score (nSPS) is 18.3. The minimum atomic E-state index is -3.72. The number of benzene rings is 1. The predicted molar refractivity (Wildman–Crippen MR) is 98.3 cm³/mol. The molecule has 4 rings (SSSR count). The van der Waals surface area contributed by atoms with Gasteiger partial charge in [-0.2, -0.15) is 0 Å². The molecule has 0 amide bonds. The number of nitrogens with two attached hydrogens (primary N) is 1. The smallest absolute Gasteiger partial charge is 0.249 e. The van der Waals surface area contributed by atoms with Gasteiger partial charge in [-0.15, -0.1) is 0 Å². The second kappa shape index (κ2) is 6.08. The van der Waals surface area contributed by atoms with Gasteiger partial charge in [-0.1, -0.05) is 23.5 Å². The third-order valence-corrected chi connectivity index (χ3v) is 7.31. The van der Waals surface area contributed by atoms with E-state index in [2.05, 4.69) is 25.5 Å². The molecule has 1 saturated heterocycles. The van der Waals surface area contributed by atoms with Crippen LogP contribution in [0.2, 0.25) is 0 Å². The number of primary sulfonamides is 1. The van der Waals surface area contributed by atoms with Crippen LogP contribution in [0.15, 0.2) is 34.8 Å². The quantitative estimate of drug-likeness (QED) is 0.751. The van der Waals surface area contributed by atoms with Crippen molar-refractivity contribution in [1.29, 1.82) is 0 Å². The summed E-state index contributed by atoms with van der Waals surface area (Å²) in [7, 11) is -3.72. The third kappa shape index (κ3) is 3.03. The number of aromatic nitrogens is 3. The molecule has 3 aromatic rings. The number of rotatable bonds is 4. The SMILES string of the molecule is Cc1nc(N2CCCC2Cn2cnc3ccccc32)sc1S(N)(=O)=O. The van der Waals surface area contributed by atoms with Gasteiger partial charge in [0.2, 0.25) is 10.0 Å². The molecule has 1 atom stereocenters. The summed E-state index contributed by atoms with van der Waals surface area (Å²) in [5, 5.41) is 6.02. The maximum Gasteiger partial charge on any atom is 0.249 e. The summed E-state index contributed by atoms with van der Waals surface area (Å²) in [6.45, 7) is 3.35. The fourth-order valence-corrected chi connectivity index (χ4v) is 5.46. The van der Waals surface area contributed by atoms with Gasteiger partial charge >= 0.3 is 0 Å². The van der Waals surface area contributed by atoms with Gasteiger partial charge in [-0.05, 0) is 31.9 Å². The van der Waals surface area contributed by atoms with Crippen LogP contribution in [0.25, 0.3) is 11.0 Å². The Morgan fingerprint density at radius 2 is 2.16 bits per heavy atom. The summed E-state index contributed by atoms with van der Waals surface area (Å²) in [4.78, 5) is 11.1. The summed E-state index contributed by atoms with van der Waals surface area (Å²) < 4.78 is 25.7. The van der Waals surface area contributed by atoms with E-state index >= 15 is 0 Å². The van der Waals surface area contributed by atoms with E-state index in [1.165, 1.54) is 0 Å². The molecule has 1 aromatic carbocycles. The van der Waals surface area contributed by atoms with Crippen molar-refractivity contribution in [2.45, 2.75) is 36.6 Å². The first kappa shape index (κ1) is 16.5. The van der Waals surface area contributed by atoms with E-state index < -0.39 is 10.0 Å². The number of nitrogens with zero attached hydrogens (tertiary/aromatic N) is 4. The fourth-order valence-electron chi connectivity index (χ4n) is 3.42. The van der Waals surface area contributed by atoms with Crippen LogP contribution in [-0.4, -0.2) is 35.5 Å². The summed E-state index contributed by atoms with van der Waals surface area (Å²) >= 11 is 1.16. The molecule has 0 bridgehead atoms. The van der Waals surface area contributed by atoms with Crippen molar-refractivity contribution in [2.24, 2.45) is 5.14 Å². The second-order valence-electron chi connectivity index (χ2n) is 6.29. The van der Waals surface area contributed by atoms with Gasteiger partial charge < -0.3 is 9.47 Å². The molecule has 0 aliphatic carbocycles. The molecule has 25 heavy (non-hydrogen) atoms. The van der Waals surface area contributed by atoms with Crippen LogP contribution in [0, 0.1) is 6.92 Å². The summed E-state index contributed by atoms with van der Waals surface area (Å²) in [6, 6.07) is 8.32. The molecule has 0 spiro atoms. The van der Waals surface area contributed by atoms with Gasteiger partial charge in [0, 0.05) is 19.1 Å². The highest BCUT2D eigenvalue weighted by molar-refractivity contribution is 7.91. The minimum absolute atomic E-state index is 0.154. The number of imidazole rings is 1. The molecule has 1 aliphatic rings. The highest BCUT2D eigenvalue weighted by Gasteiger charge is 2.29. The van der Waals surface area contributed by atoms with Crippen LogP contribution in [-0.2, 0) is 16.6 Å². The highest BCUT2D eigenvalue weighted by atomic mass is 32.2. The van der Waals surface area contributed by atoms with Gasteiger partial charge in [0.15, 0.2) is 9.34 Å². The van der Waals surface area contributed by atoms with Crippen molar-refractivity contribution >= 4 is 37.5 Å². The minimum Gasteiger partial charge on any atom is -0.343 e. The van der Waals surface area contributed by atoms with E-state index in [9.17, 15) is 8.42 Å². The molecule has 7 nitrogen and oxygen atoms in total. The number of para-hydroxylation sites is 2. The van der Waals surface area contributed by atoms with Gasteiger partial charge in [0.05, 0.1) is 23.1 Å². The lowest BCUT2D eigenvalue weighted by Gasteiger charge is -2.24. The Balaban J connectivity index is 1.63. The van der Waals surface area contributed by atoms with Gasteiger partial charge in [0.25, 0.3) is 0 Å². The predicted octanol–water partition coefficient (Wildman–Crippen LogP) is 2.12. The highest BCUT2D eigenvalue weighted by Crippen LogP contribution is 2.34. The van der Waals surface area contributed by atoms with Gasteiger partial charge in [-0.25, -0.2) is 23.5 Å². The zero-order valence-electron chi connectivity index (χ0n) is 13.8. The van der Waals surface area contributed by atoms with Crippen LogP contribution >= 0.6 is 11.3 Å². The van der Waals surface area contributed by atoms with E-state index in [0.29, 0.717) is 5.69 Å². The molecule has 2 aromatic heterocycles. The van der Waals surface area contributed by atoms with E-state index in [1.807, 2.05) is 24.5 Å². The fraction of sp³-hybridized carbons (Fsp3) is 0.375. The van der Waals surface area contributed by atoms with Crippen LogP contribution in [0.3, 0.4) is 0 Å². The van der Waals surface area contributed by atoms with Gasteiger partial charge in [-0.3, -0.25) is 0 Å². The number of fused-ring (bicyclic) bond motifs is 1. The Bertz CT molecular complexity index is 1020. The molecule has 1 fully saturated rings. The lowest BCUT2D eigenvalue weighted by Crippen LogP contribution is -2.32. The average Bonchev–Trinajstić information content (AvgIpc) is 3.26.